The van der Waals surface area contributed by atoms with Crippen LogP contribution in [0.25, 0.3) is 0 Å². The van der Waals surface area contributed by atoms with Crippen molar-refractivity contribution in [2.75, 3.05) is 46.0 Å². The summed E-state index contributed by atoms with van der Waals surface area (Å²) in [6, 6.07) is 5.54. The molecule has 2 fully saturated rings. The maximum Gasteiger partial charge on any atom is 0.317 e. The Morgan fingerprint density at radius 3 is 2.92 bits per heavy atom. The molecule has 2 atom stereocenters. The molecule has 7 nitrogen and oxygen atoms in total. The largest absolute Gasteiger partial charge is 0.493 e. The zero-order chi connectivity index (χ0) is 17.4. The van der Waals surface area contributed by atoms with E-state index in [1.165, 1.54) is 0 Å². The molecule has 3 aliphatic rings. The number of rotatable bonds is 3. The monoisotopic (exact) mass is 346 g/mol. The van der Waals surface area contributed by atoms with Gasteiger partial charge < -0.3 is 19.5 Å². The van der Waals surface area contributed by atoms with Crippen molar-refractivity contribution >= 4 is 11.9 Å². The molecule has 2 saturated heterocycles. The summed E-state index contributed by atoms with van der Waals surface area (Å²) >= 11 is 0. The quantitative estimate of drug-likeness (QED) is 0.858. The highest BCUT2D eigenvalue weighted by Crippen LogP contribution is 2.27. The number of ether oxygens (including phenoxy) is 2. The highest BCUT2D eigenvalue weighted by molar-refractivity contribution is 5.94. The van der Waals surface area contributed by atoms with E-state index in [1.807, 2.05) is 28.0 Å². The summed E-state index contributed by atoms with van der Waals surface area (Å²) in [5.41, 5.74) is 1.76. The Labute approximate surface area is 146 Å². The first-order valence-electron chi connectivity index (χ1n) is 8.69. The van der Waals surface area contributed by atoms with Crippen LogP contribution in [0.3, 0.4) is 0 Å². The topological polar surface area (TPSA) is 79.3 Å². The summed E-state index contributed by atoms with van der Waals surface area (Å²) in [7, 11) is 0. The molecule has 1 aromatic rings. The van der Waals surface area contributed by atoms with E-state index in [1.54, 1.807) is 0 Å². The molecule has 0 aliphatic carbocycles. The van der Waals surface area contributed by atoms with Gasteiger partial charge in [0.1, 0.15) is 5.75 Å². The van der Waals surface area contributed by atoms with Crippen LogP contribution in [0, 0.1) is 5.92 Å². The lowest BCUT2D eigenvalue weighted by atomic mass is 10.1. The Morgan fingerprint density at radius 1 is 1.20 bits per heavy atom. The number of benzene rings is 1. The maximum absolute atomic E-state index is 13.0. The molecule has 134 valence electrons. The minimum Gasteiger partial charge on any atom is -0.493 e. The van der Waals surface area contributed by atoms with Crippen molar-refractivity contribution in [3.8, 4) is 5.75 Å². The van der Waals surface area contributed by atoms with Crippen molar-refractivity contribution in [2.24, 2.45) is 5.92 Å². The number of hydrogen-bond acceptors (Lipinski definition) is 5. The van der Waals surface area contributed by atoms with Gasteiger partial charge >= 0.3 is 5.97 Å². The number of carboxylic acids is 1. The van der Waals surface area contributed by atoms with Crippen LogP contribution in [0.15, 0.2) is 18.2 Å². The SMILES string of the molecule is O=C(O)CN1C[C@H]2COC[C@@H]1CN(C(=O)c1ccc3c(c1)CCO3)C2. The number of nitrogens with zero attached hydrogens (tertiary/aromatic N) is 2. The Kier molecular flexibility index (Phi) is 4.35. The molecule has 25 heavy (non-hydrogen) atoms. The fourth-order valence-electron chi connectivity index (χ4n) is 3.96. The molecule has 0 saturated carbocycles. The van der Waals surface area contributed by atoms with Crippen LogP contribution < -0.4 is 4.74 Å². The summed E-state index contributed by atoms with van der Waals surface area (Å²) in [5.74, 6) is 0.159. The predicted molar refractivity (Wildman–Crippen MR) is 88.9 cm³/mol. The lowest BCUT2D eigenvalue weighted by molar-refractivity contribution is -0.139. The van der Waals surface area contributed by atoms with Gasteiger partial charge in [-0.15, -0.1) is 0 Å². The van der Waals surface area contributed by atoms with Crippen molar-refractivity contribution in [3.05, 3.63) is 29.3 Å². The zero-order valence-corrected chi connectivity index (χ0v) is 14.0. The molecule has 0 unspecified atom stereocenters. The van der Waals surface area contributed by atoms with Crippen LogP contribution in [0.2, 0.25) is 0 Å². The van der Waals surface area contributed by atoms with Crippen LogP contribution in [0.5, 0.6) is 5.75 Å². The Bertz CT molecular complexity index is 692. The number of aliphatic carboxylic acids is 1. The molecule has 1 amide bonds. The highest BCUT2D eigenvalue weighted by atomic mass is 16.5. The van der Waals surface area contributed by atoms with Crippen molar-refractivity contribution in [2.45, 2.75) is 12.5 Å². The minimum atomic E-state index is -0.843. The van der Waals surface area contributed by atoms with E-state index < -0.39 is 5.97 Å². The molecule has 1 N–H and O–H groups in total. The van der Waals surface area contributed by atoms with E-state index in [0.717, 1.165) is 17.7 Å². The molecule has 0 radical (unpaired) electrons. The average Bonchev–Trinajstić information content (AvgIpc) is 2.87. The second-order valence-corrected chi connectivity index (χ2v) is 7.01. The molecule has 4 rings (SSSR count). The van der Waals surface area contributed by atoms with E-state index >= 15 is 0 Å². The normalized spacial score (nSPS) is 25.8. The van der Waals surface area contributed by atoms with Crippen molar-refractivity contribution in [3.63, 3.8) is 0 Å². The summed E-state index contributed by atoms with van der Waals surface area (Å²) in [4.78, 5) is 28.0. The summed E-state index contributed by atoms with van der Waals surface area (Å²) < 4.78 is 11.2. The van der Waals surface area contributed by atoms with Crippen LogP contribution in [-0.2, 0) is 16.0 Å². The fraction of sp³-hybridized carbons (Fsp3) is 0.556. The molecule has 2 bridgehead atoms. The molecule has 3 aliphatic heterocycles. The molecule has 0 spiro atoms. The Morgan fingerprint density at radius 2 is 2.08 bits per heavy atom. The summed E-state index contributed by atoms with van der Waals surface area (Å²) in [6.45, 7) is 3.43. The maximum atomic E-state index is 13.0. The van der Waals surface area contributed by atoms with Crippen molar-refractivity contribution in [1.29, 1.82) is 0 Å². The number of carboxylic acid groups (broad SMARTS) is 1. The smallest absolute Gasteiger partial charge is 0.317 e. The van der Waals surface area contributed by atoms with Gasteiger partial charge in [0.25, 0.3) is 5.91 Å². The number of carbonyl (C=O) groups is 2. The molecule has 0 aromatic heterocycles. The third-order valence-electron chi connectivity index (χ3n) is 5.14. The van der Waals surface area contributed by atoms with Gasteiger partial charge in [-0.25, -0.2) is 0 Å². The lowest BCUT2D eigenvalue weighted by Gasteiger charge is -2.30. The Hall–Kier alpha value is -2.12. The third kappa shape index (κ3) is 3.34. The van der Waals surface area contributed by atoms with Crippen LogP contribution in [0.1, 0.15) is 15.9 Å². The van der Waals surface area contributed by atoms with Gasteiger partial charge in [-0.1, -0.05) is 0 Å². The molecule has 1 aromatic carbocycles. The molecule has 3 heterocycles. The Balaban J connectivity index is 1.54. The third-order valence-corrected chi connectivity index (χ3v) is 5.14. The first-order valence-corrected chi connectivity index (χ1v) is 8.69. The first kappa shape index (κ1) is 16.4. The van der Waals surface area contributed by atoms with E-state index in [9.17, 15) is 9.59 Å². The molecular weight excluding hydrogens is 324 g/mol. The van der Waals surface area contributed by atoms with E-state index in [4.69, 9.17) is 14.6 Å². The first-order chi connectivity index (χ1) is 12.1. The van der Waals surface area contributed by atoms with Gasteiger partial charge in [-0.3, -0.25) is 14.5 Å². The predicted octanol–water partition coefficient (Wildman–Crippen LogP) is 0.479. The summed E-state index contributed by atoms with van der Waals surface area (Å²) in [6.07, 6.45) is 0.835. The van der Waals surface area contributed by atoms with Gasteiger partial charge in [-0.05, 0) is 23.8 Å². The number of fused-ring (bicyclic) bond motifs is 4. The van der Waals surface area contributed by atoms with Crippen LogP contribution in [-0.4, -0.2) is 78.8 Å². The van der Waals surface area contributed by atoms with E-state index in [2.05, 4.69) is 0 Å². The van der Waals surface area contributed by atoms with Gasteiger partial charge in [-0.2, -0.15) is 0 Å². The van der Waals surface area contributed by atoms with Crippen LogP contribution in [0.4, 0.5) is 0 Å². The number of carbonyl (C=O) groups excluding carboxylic acids is 1. The minimum absolute atomic E-state index is 0.00350. The average molecular weight is 346 g/mol. The van der Waals surface area contributed by atoms with E-state index in [0.29, 0.717) is 45.0 Å². The van der Waals surface area contributed by atoms with Crippen molar-refractivity contribution in [1.82, 2.24) is 9.80 Å². The molecular formula is C18H22N2O5. The number of hydrogen-bond donors (Lipinski definition) is 1. The van der Waals surface area contributed by atoms with Gasteiger partial charge in [0.05, 0.1) is 32.4 Å². The zero-order valence-electron chi connectivity index (χ0n) is 14.0. The van der Waals surface area contributed by atoms with E-state index in [-0.39, 0.29) is 24.4 Å². The fourth-order valence-corrected chi connectivity index (χ4v) is 3.96. The molecule has 7 heteroatoms. The van der Waals surface area contributed by atoms with Crippen molar-refractivity contribution < 1.29 is 24.2 Å². The second-order valence-electron chi connectivity index (χ2n) is 7.01. The van der Waals surface area contributed by atoms with Crippen LogP contribution >= 0.6 is 0 Å². The standard InChI is InChI=1S/C18H22N2O5/c21-17(22)9-19-6-12-7-20(8-15(19)11-24-10-12)18(23)14-1-2-16-13(5-14)3-4-25-16/h1-2,5,12,15H,3-4,6-11H2,(H,21,22)/t12-,15+/m1/s1. The lowest BCUT2D eigenvalue weighted by Crippen LogP contribution is -2.47. The van der Waals surface area contributed by atoms with Gasteiger partial charge in [0, 0.05) is 37.5 Å². The second kappa shape index (κ2) is 6.65. The van der Waals surface area contributed by atoms with Gasteiger partial charge in [0.2, 0.25) is 0 Å². The summed E-state index contributed by atoms with van der Waals surface area (Å²) in [5, 5.41) is 9.15. The van der Waals surface area contributed by atoms with Gasteiger partial charge in [0.15, 0.2) is 0 Å². The number of amides is 1. The highest BCUT2D eigenvalue weighted by Gasteiger charge is 2.36.